The Kier molecular flexibility index (Phi) is 9.68. The van der Waals surface area contributed by atoms with Gasteiger partial charge in [-0.2, -0.15) is 0 Å². The minimum absolute atomic E-state index is 0.527. The van der Waals surface area contributed by atoms with E-state index in [1.165, 1.54) is 6.42 Å². The molecule has 0 unspecified atom stereocenters. The highest BCUT2D eigenvalue weighted by atomic mass is 16.4. The highest BCUT2D eigenvalue weighted by Gasteiger charge is 1.92. The molecule has 0 aliphatic heterocycles. The Morgan fingerprint density at radius 1 is 1.07 bits per heavy atom. The fraction of sp³-hybridized carbons (Fsp3) is 0.889. The van der Waals surface area contributed by atoms with Crippen molar-refractivity contribution in [1.82, 2.24) is 16.0 Å². The molecule has 5 nitrogen and oxygen atoms in total. The van der Waals surface area contributed by atoms with Crippen LogP contribution in [0.4, 0.5) is 4.79 Å². The molecule has 0 radical (unpaired) electrons. The van der Waals surface area contributed by atoms with E-state index in [1.54, 1.807) is 0 Å². The van der Waals surface area contributed by atoms with Crippen LogP contribution >= 0.6 is 0 Å². The third-order valence-corrected chi connectivity index (χ3v) is 1.84. The third-order valence-electron chi connectivity index (χ3n) is 1.84. The molecule has 0 aliphatic rings. The molecule has 0 fully saturated rings. The van der Waals surface area contributed by atoms with Crippen LogP contribution in [-0.4, -0.2) is 44.4 Å². The second kappa shape index (κ2) is 10.3. The zero-order valence-corrected chi connectivity index (χ0v) is 8.81. The Hall–Kier alpha value is -0.810. The molecular formula is C9H21N3O2. The normalized spacial score (nSPS) is 10.1. The van der Waals surface area contributed by atoms with Gasteiger partial charge >= 0.3 is 6.09 Å². The first-order valence-corrected chi connectivity index (χ1v) is 5.09. The van der Waals surface area contributed by atoms with Crippen molar-refractivity contribution < 1.29 is 9.90 Å². The molecular weight excluding hydrogens is 182 g/mol. The minimum Gasteiger partial charge on any atom is -0.465 e. The van der Waals surface area contributed by atoms with E-state index in [0.717, 1.165) is 32.5 Å². The summed E-state index contributed by atoms with van der Waals surface area (Å²) < 4.78 is 0. The molecule has 0 atom stereocenters. The molecule has 0 aromatic rings. The Bertz CT molecular complexity index is 142. The number of carbonyl (C=O) groups is 1. The summed E-state index contributed by atoms with van der Waals surface area (Å²) in [6, 6.07) is 0. The van der Waals surface area contributed by atoms with Gasteiger partial charge in [-0.25, -0.2) is 4.79 Å². The fourth-order valence-electron chi connectivity index (χ4n) is 1.09. The summed E-state index contributed by atoms with van der Waals surface area (Å²) in [6.45, 7) is 3.47. The molecule has 5 heteroatoms. The lowest BCUT2D eigenvalue weighted by atomic mass is 10.3. The maximum atomic E-state index is 10.1. The molecule has 0 heterocycles. The van der Waals surface area contributed by atoms with Crippen molar-refractivity contribution in [2.24, 2.45) is 0 Å². The second-order valence-corrected chi connectivity index (χ2v) is 3.15. The van der Waals surface area contributed by atoms with Gasteiger partial charge in [-0.15, -0.1) is 0 Å². The van der Waals surface area contributed by atoms with E-state index in [4.69, 9.17) is 5.11 Å². The highest BCUT2D eigenvalue weighted by molar-refractivity contribution is 5.64. The van der Waals surface area contributed by atoms with E-state index in [2.05, 4.69) is 16.0 Å². The van der Waals surface area contributed by atoms with Gasteiger partial charge < -0.3 is 21.1 Å². The van der Waals surface area contributed by atoms with Crippen molar-refractivity contribution in [1.29, 1.82) is 0 Å². The summed E-state index contributed by atoms with van der Waals surface area (Å²) in [7, 11) is 1.95. The summed E-state index contributed by atoms with van der Waals surface area (Å²) in [4.78, 5) is 10.1. The molecule has 84 valence electrons. The summed E-state index contributed by atoms with van der Waals surface area (Å²) in [6.07, 6.45) is 2.24. The lowest BCUT2D eigenvalue weighted by Crippen LogP contribution is -2.26. The van der Waals surface area contributed by atoms with Crippen LogP contribution in [0.1, 0.15) is 19.3 Å². The zero-order valence-electron chi connectivity index (χ0n) is 8.81. The number of nitrogens with one attached hydrogen (secondary N) is 3. The predicted molar refractivity (Wildman–Crippen MR) is 56.7 cm³/mol. The van der Waals surface area contributed by atoms with Gasteiger partial charge in [0.2, 0.25) is 0 Å². The Morgan fingerprint density at radius 3 is 2.36 bits per heavy atom. The van der Waals surface area contributed by atoms with Crippen LogP contribution in [0.3, 0.4) is 0 Å². The Labute approximate surface area is 85.3 Å². The van der Waals surface area contributed by atoms with E-state index < -0.39 is 6.09 Å². The van der Waals surface area contributed by atoms with Crippen molar-refractivity contribution >= 4 is 6.09 Å². The van der Waals surface area contributed by atoms with Crippen LogP contribution in [0.5, 0.6) is 0 Å². The van der Waals surface area contributed by atoms with E-state index in [0.29, 0.717) is 6.54 Å². The number of unbranched alkanes of at least 4 members (excludes halogenated alkanes) is 1. The number of rotatable bonds is 9. The summed E-state index contributed by atoms with van der Waals surface area (Å²) in [5.74, 6) is 0. The van der Waals surface area contributed by atoms with E-state index >= 15 is 0 Å². The maximum absolute atomic E-state index is 10.1. The predicted octanol–water partition coefficient (Wildman–Crippen LogP) is 0.233. The van der Waals surface area contributed by atoms with Gasteiger partial charge in [0.25, 0.3) is 0 Å². The molecule has 0 aromatic carbocycles. The van der Waals surface area contributed by atoms with Crippen LogP contribution in [0, 0.1) is 0 Å². The monoisotopic (exact) mass is 203 g/mol. The first kappa shape index (κ1) is 13.2. The molecule has 14 heavy (non-hydrogen) atoms. The fourth-order valence-corrected chi connectivity index (χ4v) is 1.09. The molecule has 0 aromatic heterocycles. The van der Waals surface area contributed by atoms with Gasteiger partial charge in [-0.1, -0.05) is 0 Å². The van der Waals surface area contributed by atoms with Crippen molar-refractivity contribution in [3.63, 3.8) is 0 Å². The number of carboxylic acid groups (broad SMARTS) is 1. The number of hydrogen-bond donors (Lipinski definition) is 4. The first-order valence-electron chi connectivity index (χ1n) is 5.09. The quantitative estimate of drug-likeness (QED) is 0.405. The SMILES string of the molecule is CNCCCCNCCCNC(=O)O. The third kappa shape index (κ3) is 11.2. The van der Waals surface area contributed by atoms with Crippen molar-refractivity contribution in [2.45, 2.75) is 19.3 Å². The molecule has 0 rings (SSSR count). The van der Waals surface area contributed by atoms with Crippen molar-refractivity contribution in [2.75, 3.05) is 33.2 Å². The van der Waals surface area contributed by atoms with E-state index in [1.807, 2.05) is 7.05 Å². The van der Waals surface area contributed by atoms with Gasteiger partial charge in [0.1, 0.15) is 0 Å². The molecule has 0 aliphatic carbocycles. The molecule has 0 bridgehead atoms. The van der Waals surface area contributed by atoms with Crippen LogP contribution in [0.2, 0.25) is 0 Å². The largest absolute Gasteiger partial charge is 0.465 e. The van der Waals surface area contributed by atoms with Crippen LogP contribution < -0.4 is 16.0 Å². The lowest BCUT2D eigenvalue weighted by molar-refractivity contribution is 0.194. The van der Waals surface area contributed by atoms with Gasteiger partial charge in [-0.05, 0) is 45.9 Å². The summed E-state index contributed by atoms with van der Waals surface area (Å²) in [5.41, 5.74) is 0. The first-order chi connectivity index (χ1) is 6.77. The highest BCUT2D eigenvalue weighted by Crippen LogP contribution is 1.83. The van der Waals surface area contributed by atoms with Crippen molar-refractivity contribution in [3.05, 3.63) is 0 Å². The molecule has 4 N–H and O–H groups in total. The van der Waals surface area contributed by atoms with Gasteiger partial charge in [0, 0.05) is 6.54 Å². The number of hydrogen-bond acceptors (Lipinski definition) is 3. The van der Waals surface area contributed by atoms with Crippen molar-refractivity contribution in [3.8, 4) is 0 Å². The minimum atomic E-state index is -0.945. The zero-order chi connectivity index (χ0) is 10.6. The van der Waals surface area contributed by atoms with Crippen LogP contribution in [0.15, 0.2) is 0 Å². The number of amides is 1. The van der Waals surface area contributed by atoms with E-state index in [-0.39, 0.29) is 0 Å². The van der Waals surface area contributed by atoms with Gasteiger partial charge in [0.15, 0.2) is 0 Å². The van der Waals surface area contributed by atoms with E-state index in [9.17, 15) is 4.79 Å². The topological polar surface area (TPSA) is 73.4 Å². The molecule has 0 saturated carbocycles. The smallest absolute Gasteiger partial charge is 0.404 e. The standard InChI is InChI=1S/C9H21N3O2/c1-10-5-2-3-6-11-7-4-8-12-9(13)14/h10-12H,2-8H2,1H3,(H,13,14). The Morgan fingerprint density at radius 2 is 1.71 bits per heavy atom. The van der Waals surface area contributed by atoms with Crippen LogP contribution in [-0.2, 0) is 0 Å². The summed E-state index contributed by atoms with van der Waals surface area (Å²) >= 11 is 0. The lowest BCUT2D eigenvalue weighted by Gasteiger charge is -2.04. The van der Waals surface area contributed by atoms with Crippen LogP contribution in [0.25, 0.3) is 0 Å². The average Bonchev–Trinajstić information content (AvgIpc) is 2.15. The average molecular weight is 203 g/mol. The van der Waals surface area contributed by atoms with Gasteiger partial charge in [0.05, 0.1) is 0 Å². The maximum Gasteiger partial charge on any atom is 0.404 e. The Balaban J connectivity index is 2.88. The molecule has 0 saturated heterocycles. The molecule has 1 amide bonds. The molecule has 0 spiro atoms. The second-order valence-electron chi connectivity index (χ2n) is 3.15. The van der Waals surface area contributed by atoms with Gasteiger partial charge in [-0.3, -0.25) is 0 Å². The summed E-state index contributed by atoms with van der Waals surface area (Å²) in [5, 5.41) is 16.9.